The highest BCUT2D eigenvalue weighted by molar-refractivity contribution is 5.60. The zero-order valence-corrected chi connectivity index (χ0v) is 12.9. The predicted octanol–water partition coefficient (Wildman–Crippen LogP) is 4.02. The maximum atomic E-state index is 5.67. The summed E-state index contributed by atoms with van der Waals surface area (Å²) in [5.74, 6) is 1.73. The molecule has 4 nitrogen and oxygen atoms in total. The molecule has 0 aliphatic carbocycles. The number of hydrogen-bond donors (Lipinski definition) is 1. The molecular weight excluding hydrogens is 264 g/mol. The molecule has 0 unspecified atom stereocenters. The molecule has 2 aromatic rings. The Morgan fingerprint density at radius 2 is 1.95 bits per heavy atom. The number of hydrogen-bond acceptors (Lipinski definition) is 4. The van der Waals surface area contributed by atoms with Crippen LogP contribution in [0.4, 0.5) is 0 Å². The Labute approximate surface area is 126 Å². The van der Waals surface area contributed by atoms with Crippen molar-refractivity contribution in [2.24, 2.45) is 0 Å². The summed E-state index contributed by atoms with van der Waals surface area (Å²) in [5.41, 5.74) is 1.98. The molecule has 0 spiro atoms. The van der Waals surface area contributed by atoms with Gasteiger partial charge in [-0.1, -0.05) is 20.3 Å². The molecule has 2 rings (SSSR count). The molecule has 1 N–H and O–H groups in total. The Bertz CT molecular complexity index is 520. The van der Waals surface area contributed by atoms with E-state index in [4.69, 9.17) is 9.15 Å². The fraction of sp³-hybridized carbons (Fsp3) is 0.471. The third kappa shape index (κ3) is 4.60. The lowest BCUT2D eigenvalue weighted by Crippen LogP contribution is -2.14. The Kier molecular flexibility index (Phi) is 6.28. The molecule has 21 heavy (non-hydrogen) atoms. The van der Waals surface area contributed by atoms with Crippen LogP contribution in [0.1, 0.15) is 38.8 Å². The van der Waals surface area contributed by atoms with Gasteiger partial charge in [-0.2, -0.15) is 0 Å². The highest BCUT2D eigenvalue weighted by Crippen LogP contribution is 2.25. The van der Waals surface area contributed by atoms with Gasteiger partial charge in [-0.15, -0.1) is 0 Å². The number of nitrogens with zero attached hydrogens (tertiary/aromatic N) is 1. The van der Waals surface area contributed by atoms with E-state index in [0.717, 1.165) is 61.7 Å². The zero-order valence-electron chi connectivity index (χ0n) is 12.9. The molecule has 0 saturated heterocycles. The first-order valence-electron chi connectivity index (χ1n) is 7.71. The summed E-state index contributed by atoms with van der Waals surface area (Å²) in [6, 6.07) is 8.00. The second-order valence-corrected chi connectivity index (χ2v) is 5.03. The average molecular weight is 288 g/mol. The van der Waals surface area contributed by atoms with E-state index in [9.17, 15) is 0 Å². The van der Waals surface area contributed by atoms with Gasteiger partial charge in [-0.25, -0.2) is 4.98 Å². The van der Waals surface area contributed by atoms with E-state index in [-0.39, 0.29) is 0 Å². The van der Waals surface area contributed by atoms with Crippen LogP contribution in [0.3, 0.4) is 0 Å². The van der Waals surface area contributed by atoms with Gasteiger partial charge in [0.05, 0.1) is 6.61 Å². The lowest BCUT2D eigenvalue weighted by Gasteiger charge is -2.06. The normalized spacial score (nSPS) is 10.8. The molecule has 0 aliphatic rings. The third-order valence-corrected chi connectivity index (χ3v) is 3.24. The van der Waals surface area contributed by atoms with Crippen molar-refractivity contribution in [2.45, 2.75) is 39.7 Å². The first kappa shape index (κ1) is 15.6. The second-order valence-electron chi connectivity index (χ2n) is 5.03. The second kappa shape index (κ2) is 8.47. The van der Waals surface area contributed by atoms with Crippen LogP contribution in [0, 0.1) is 0 Å². The SMILES string of the molecule is CCCCOc1ccc(-c2ocnc2CNCCC)cc1. The van der Waals surface area contributed by atoms with Crippen molar-refractivity contribution in [3.05, 3.63) is 36.4 Å². The topological polar surface area (TPSA) is 47.3 Å². The minimum Gasteiger partial charge on any atom is -0.494 e. The fourth-order valence-corrected chi connectivity index (χ4v) is 2.05. The summed E-state index contributed by atoms with van der Waals surface area (Å²) in [5, 5.41) is 3.35. The summed E-state index contributed by atoms with van der Waals surface area (Å²) in [4.78, 5) is 4.29. The highest BCUT2D eigenvalue weighted by Gasteiger charge is 2.10. The van der Waals surface area contributed by atoms with Crippen molar-refractivity contribution < 1.29 is 9.15 Å². The van der Waals surface area contributed by atoms with Crippen LogP contribution in [0.2, 0.25) is 0 Å². The summed E-state index contributed by atoms with van der Waals surface area (Å²) in [6.07, 6.45) is 4.84. The number of rotatable bonds is 9. The van der Waals surface area contributed by atoms with Crippen LogP contribution in [-0.2, 0) is 6.54 Å². The van der Waals surface area contributed by atoms with E-state index < -0.39 is 0 Å². The molecule has 0 bridgehead atoms. The number of benzene rings is 1. The smallest absolute Gasteiger partial charge is 0.181 e. The standard InChI is InChI=1S/C17H24N2O2/c1-3-5-11-20-15-8-6-14(7-9-15)17-16(19-13-21-17)12-18-10-4-2/h6-9,13,18H,3-5,10-12H2,1-2H3. The van der Waals surface area contributed by atoms with Crippen molar-refractivity contribution in [2.75, 3.05) is 13.2 Å². The summed E-state index contributed by atoms with van der Waals surface area (Å²) in [6.45, 7) is 6.79. The molecule has 114 valence electrons. The van der Waals surface area contributed by atoms with Crippen LogP contribution >= 0.6 is 0 Å². The van der Waals surface area contributed by atoms with E-state index >= 15 is 0 Å². The molecule has 1 aromatic heterocycles. The molecule has 0 atom stereocenters. The lowest BCUT2D eigenvalue weighted by molar-refractivity contribution is 0.309. The van der Waals surface area contributed by atoms with Gasteiger partial charge in [0, 0.05) is 12.1 Å². The molecule has 0 aliphatic heterocycles. The van der Waals surface area contributed by atoms with Crippen molar-refractivity contribution in [1.29, 1.82) is 0 Å². The van der Waals surface area contributed by atoms with Crippen molar-refractivity contribution in [1.82, 2.24) is 10.3 Å². The fourth-order valence-electron chi connectivity index (χ4n) is 2.05. The first-order valence-corrected chi connectivity index (χ1v) is 7.71. The van der Waals surface area contributed by atoms with Gasteiger partial charge in [0.1, 0.15) is 11.4 Å². The largest absolute Gasteiger partial charge is 0.494 e. The van der Waals surface area contributed by atoms with E-state index in [0.29, 0.717) is 0 Å². The van der Waals surface area contributed by atoms with Crippen molar-refractivity contribution in [3.63, 3.8) is 0 Å². The van der Waals surface area contributed by atoms with Crippen molar-refractivity contribution in [3.8, 4) is 17.1 Å². The van der Waals surface area contributed by atoms with Gasteiger partial charge in [-0.05, 0) is 43.7 Å². The zero-order chi connectivity index (χ0) is 14.9. The number of unbranched alkanes of at least 4 members (excludes halogenated alkanes) is 1. The molecule has 0 fully saturated rings. The van der Waals surface area contributed by atoms with Crippen LogP contribution in [0.25, 0.3) is 11.3 Å². The molecule has 1 heterocycles. The average Bonchev–Trinajstić information content (AvgIpc) is 2.97. The minimum absolute atomic E-state index is 0.731. The lowest BCUT2D eigenvalue weighted by atomic mass is 10.1. The Balaban J connectivity index is 2.00. The Hall–Kier alpha value is -1.81. The maximum absolute atomic E-state index is 5.67. The summed E-state index contributed by atoms with van der Waals surface area (Å²) < 4.78 is 11.2. The molecule has 0 radical (unpaired) electrons. The molecule has 0 saturated carbocycles. The van der Waals surface area contributed by atoms with E-state index in [1.54, 1.807) is 0 Å². The van der Waals surface area contributed by atoms with Gasteiger partial charge in [0.25, 0.3) is 0 Å². The molecule has 1 aromatic carbocycles. The number of nitrogens with one attached hydrogen (secondary N) is 1. The van der Waals surface area contributed by atoms with Crippen LogP contribution in [0.15, 0.2) is 35.1 Å². The van der Waals surface area contributed by atoms with E-state index in [1.165, 1.54) is 6.39 Å². The van der Waals surface area contributed by atoms with Gasteiger partial charge in [0.2, 0.25) is 0 Å². The molecule has 0 amide bonds. The maximum Gasteiger partial charge on any atom is 0.181 e. The highest BCUT2D eigenvalue weighted by atomic mass is 16.5. The summed E-state index contributed by atoms with van der Waals surface area (Å²) >= 11 is 0. The van der Waals surface area contributed by atoms with Crippen LogP contribution in [0.5, 0.6) is 5.75 Å². The van der Waals surface area contributed by atoms with Crippen LogP contribution in [-0.4, -0.2) is 18.1 Å². The van der Waals surface area contributed by atoms with Gasteiger partial charge < -0.3 is 14.5 Å². The monoisotopic (exact) mass is 288 g/mol. The quantitative estimate of drug-likeness (QED) is 0.708. The number of oxazole rings is 1. The minimum atomic E-state index is 0.731. The van der Waals surface area contributed by atoms with E-state index in [2.05, 4.69) is 24.1 Å². The van der Waals surface area contributed by atoms with Crippen molar-refractivity contribution >= 4 is 0 Å². The molecule has 4 heteroatoms. The summed E-state index contributed by atoms with van der Waals surface area (Å²) in [7, 11) is 0. The Morgan fingerprint density at radius 1 is 1.14 bits per heavy atom. The molecular formula is C17H24N2O2. The van der Waals surface area contributed by atoms with Gasteiger partial charge >= 0.3 is 0 Å². The Morgan fingerprint density at radius 3 is 2.67 bits per heavy atom. The predicted molar refractivity (Wildman–Crippen MR) is 84.3 cm³/mol. The van der Waals surface area contributed by atoms with Gasteiger partial charge in [-0.3, -0.25) is 0 Å². The number of ether oxygens (including phenoxy) is 1. The van der Waals surface area contributed by atoms with Gasteiger partial charge in [0.15, 0.2) is 12.2 Å². The van der Waals surface area contributed by atoms with E-state index in [1.807, 2.05) is 24.3 Å². The van der Waals surface area contributed by atoms with Crippen LogP contribution < -0.4 is 10.1 Å². The third-order valence-electron chi connectivity index (χ3n) is 3.24. The number of aromatic nitrogens is 1. The first-order chi connectivity index (χ1) is 10.3.